The Morgan fingerprint density at radius 1 is 1.35 bits per heavy atom. The van der Waals surface area contributed by atoms with Gasteiger partial charge in [0, 0.05) is 0 Å². The van der Waals surface area contributed by atoms with Crippen LogP contribution >= 0.6 is 0 Å². The first-order valence-electron chi connectivity index (χ1n) is 5.23. The lowest BCUT2D eigenvalue weighted by Crippen LogP contribution is -1.79. The summed E-state index contributed by atoms with van der Waals surface area (Å²) in [6, 6.07) is 9.49. The molecule has 0 unspecified atom stereocenters. The van der Waals surface area contributed by atoms with Crippen LogP contribution in [-0.2, 0) is 0 Å². The molecule has 4 heteroatoms. The molecule has 4 nitrogen and oxygen atoms in total. The summed E-state index contributed by atoms with van der Waals surface area (Å²) in [6.07, 6.45) is 1.63. The fourth-order valence-electron chi connectivity index (χ4n) is 1.85. The molecule has 2 heterocycles. The van der Waals surface area contributed by atoms with Crippen molar-refractivity contribution in [3.63, 3.8) is 0 Å². The molecule has 0 aliphatic heterocycles. The lowest BCUT2D eigenvalue weighted by Gasteiger charge is -1.90. The second kappa shape index (κ2) is 3.49. The van der Waals surface area contributed by atoms with E-state index in [1.54, 1.807) is 12.3 Å². The van der Waals surface area contributed by atoms with Crippen molar-refractivity contribution < 1.29 is 4.42 Å². The number of hydrogen-bond acceptors (Lipinski definition) is 3. The van der Waals surface area contributed by atoms with Gasteiger partial charge in [0.05, 0.1) is 17.3 Å². The molecule has 1 N–H and O–H groups in total. The number of H-pyrrole nitrogens is 1. The number of furan rings is 1. The van der Waals surface area contributed by atoms with Crippen molar-refractivity contribution in [1.82, 2.24) is 9.97 Å². The zero-order chi connectivity index (χ0) is 11.8. The average molecular weight is 223 g/mol. The van der Waals surface area contributed by atoms with Crippen molar-refractivity contribution in [3.05, 3.63) is 41.7 Å². The normalized spacial score (nSPS) is 10.6. The van der Waals surface area contributed by atoms with Gasteiger partial charge in [0.15, 0.2) is 11.6 Å². The first kappa shape index (κ1) is 9.67. The molecular formula is C13H9N3O. The maximum atomic E-state index is 9.00. The van der Waals surface area contributed by atoms with Crippen LogP contribution in [0.1, 0.15) is 11.1 Å². The zero-order valence-corrected chi connectivity index (χ0v) is 9.19. The first-order chi connectivity index (χ1) is 8.29. The third-order valence-corrected chi connectivity index (χ3v) is 2.71. The van der Waals surface area contributed by atoms with Gasteiger partial charge >= 0.3 is 0 Å². The van der Waals surface area contributed by atoms with Crippen molar-refractivity contribution in [2.45, 2.75) is 6.92 Å². The Labute approximate surface area is 97.5 Å². The molecule has 0 radical (unpaired) electrons. The van der Waals surface area contributed by atoms with E-state index in [4.69, 9.17) is 9.68 Å². The summed E-state index contributed by atoms with van der Waals surface area (Å²) in [7, 11) is 0. The van der Waals surface area contributed by atoms with Gasteiger partial charge in [-0.25, -0.2) is 4.98 Å². The number of benzene rings is 1. The number of aromatic amines is 1. The molecule has 0 aliphatic rings. The molecule has 0 saturated carbocycles. The number of imidazole rings is 1. The third-order valence-electron chi connectivity index (χ3n) is 2.71. The smallest absolute Gasteiger partial charge is 0.174 e. The molecule has 0 fully saturated rings. The van der Waals surface area contributed by atoms with Gasteiger partial charge in [-0.05, 0) is 30.7 Å². The molecule has 17 heavy (non-hydrogen) atoms. The van der Waals surface area contributed by atoms with Gasteiger partial charge in [0.25, 0.3) is 0 Å². The summed E-state index contributed by atoms with van der Waals surface area (Å²) in [5.74, 6) is 1.37. The Morgan fingerprint density at radius 3 is 2.94 bits per heavy atom. The predicted molar refractivity (Wildman–Crippen MR) is 63.2 cm³/mol. The molecule has 1 aromatic carbocycles. The highest BCUT2D eigenvalue weighted by molar-refractivity contribution is 5.84. The number of aryl methyl sites for hydroxylation is 1. The van der Waals surface area contributed by atoms with Crippen LogP contribution in [0.25, 0.3) is 22.6 Å². The minimum atomic E-state index is 0.564. The number of aromatic nitrogens is 2. The number of hydrogen-bond donors (Lipinski definition) is 1. The van der Waals surface area contributed by atoms with Crippen molar-refractivity contribution in [2.24, 2.45) is 0 Å². The van der Waals surface area contributed by atoms with E-state index in [9.17, 15) is 0 Å². The Hall–Kier alpha value is -2.54. The first-order valence-corrected chi connectivity index (χ1v) is 5.23. The molecule has 82 valence electrons. The second-order valence-corrected chi connectivity index (χ2v) is 3.83. The van der Waals surface area contributed by atoms with Crippen LogP contribution in [-0.4, -0.2) is 9.97 Å². The quantitative estimate of drug-likeness (QED) is 0.689. The summed E-state index contributed by atoms with van der Waals surface area (Å²) >= 11 is 0. The van der Waals surface area contributed by atoms with Crippen LogP contribution in [0.2, 0.25) is 0 Å². The highest BCUT2D eigenvalue weighted by Crippen LogP contribution is 2.25. The van der Waals surface area contributed by atoms with Gasteiger partial charge in [0.2, 0.25) is 0 Å². The molecule has 0 spiro atoms. The molecular weight excluding hydrogens is 214 g/mol. The van der Waals surface area contributed by atoms with Gasteiger partial charge in [-0.1, -0.05) is 6.07 Å². The van der Waals surface area contributed by atoms with Crippen molar-refractivity contribution in [2.75, 3.05) is 0 Å². The Morgan fingerprint density at radius 2 is 2.24 bits per heavy atom. The minimum absolute atomic E-state index is 0.564. The summed E-state index contributed by atoms with van der Waals surface area (Å²) in [4.78, 5) is 7.57. The molecule has 0 atom stereocenters. The van der Waals surface area contributed by atoms with Crippen molar-refractivity contribution >= 4 is 11.0 Å². The molecule has 3 rings (SSSR count). The van der Waals surface area contributed by atoms with Crippen LogP contribution in [0, 0.1) is 18.3 Å². The number of nitrogens with one attached hydrogen (secondary N) is 1. The number of fused-ring (bicyclic) bond motifs is 1. The van der Waals surface area contributed by atoms with Crippen molar-refractivity contribution in [1.29, 1.82) is 5.26 Å². The van der Waals surface area contributed by atoms with E-state index in [2.05, 4.69) is 16.0 Å². The average Bonchev–Trinajstić information content (AvgIpc) is 2.93. The Balaban J connectivity index is 2.28. The number of rotatable bonds is 1. The van der Waals surface area contributed by atoms with E-state index in [0.29, 0.717) is 22.7 Å². The molecule has 2 aromatic heterocycles. The number of nitriles is 1. The second-order valence-electron chi connectivity index (χ2n) is 3.83. The topological polar surface area (TPSA) is 65.6 Å². The maximum Gasteiger partial charge on any atom is 0.174 e. The lowest BCUT2D eigenvalue weighted by molar-refractivity contribution is 0.577. The van der Waals surface area contributed by atoms with Crippen LogP contribution in [0.4, 0.5) is 0 Å². The maximum absolute atomic E-state index is 9.00. The summed E-state index contributed by atoms with van der Waals surface area (Å²) < 4.78 is 5.38. The van der Waals surface area contributed by atoms with Crippen LogP contribution in [0.15, 0.2) is 34.9 Å². The van der Waals surface area contributed by atoms with E-state index >= 15 is 0 Å². The van der Waals surface area contributed by atoms with Crippen LogP contribution in [0.3, 0.4) is 0 Å². The van der Waals surface area contributed by atoms with Crippen LogP contribution in [0.5, 0.6) is 0 Å². The fourth-order valence-corrected chi connectivity index (χ4v) is 1.85. The van der Waals surface area contributed by atoms with Gasteiger partial charge < -0.3 is 9.40 Å². The summed E-state index contributed by atoms with van der Waals surface area (Å²) in [6.45, 7) is 1.96. The van der Waals surface area contributed by atoms with Gasteiger partial charge in [-0.3, -0.25) is 0 Å². The van der Waals surface area contributed by atoms with Gasteiger partial charge in [-0.15, -0.1) is 0 Å². The lowest BCUT2D eigenvalue weighted by atomic mass is 10.2. The highest BCUT2D eigenvalue weighted by Gasteiger charge is 2.12. The SMILES string of the molecule is Cc1ccoc1-c1nc2c(C#N)cccc2[nH]1. The van der Waals surface area contributed by atoms with E-state index < -0.39 is 0 Å². The van der Waals surface area contributed by atoms with E-state index in [-0.39, 0.29) is 0 Å². The number of para-hydroxylation sites is 1. The van der Waals surface area contributed by atoms with Crippen LogP contribution < -0.4 is 0 Å². The monoisotopic (exact) mass is 223 g/mol. The van der Waals surface area contributed by atoms with Gasteiger partial charge in [0.1, 0.15) is 11.6 Å². The number of nitrogens with zero attached hydrogens (tertiary/aromatic N) is 2. The van der Waals surface area contributed by atoms with E-state index in [1.807, 2.05) is 25.1 Å². The molecule has 0 amide bonds. The Bertz CT molecular complexity index is 731. The molecule has 3 aromatic rings. The Kier molecular flexibility index (Phi) is 1.99. The largest absolute Gasteiger partial charge is 0.461 e. The predicted octanol–water partition coefficient (Wildman–Crippen LogP) is 3.00. The highest BCUT2D eigenvalue weighted by atomic mass is 16.3. The van der Waals surface area contributed by atoms with Crippen molar-refractivity contribution in [3.8, 4) is 17.7 Å². The fraction of sp³-hybridized carbons (Fsp3) is 0.0769. The molecule has 0 saturated heterocycles. The van der Waals surface area contributed by atoms with E-state index in [1.165, 1.54) is 0 Å². The van der Waals surface area contributed by atoms with E-state index in [0.717, 1.165) is 11.1 Å². The summed E-state index contributed by atoms with van der Waals surface area (Å²) in [5.41, 5.74) is 3.10. The minimum Gasteiger partial charge on any atom is -0.461 e. The molecule has 0 bridgehead atoms. The summed E-state index contributed by atoms with van der Waals surface area (Å²) in [5, 5.41) is 9.00. The zero-order valence-electron chi connectivity index (χ0n) is 9.19. The molecule has 0 aliphatic carbocycles. The standard InChI is InChI=1S/C13H9N3O/c1-8-5-6-17-12(8)13-15-10-4-2-3-9(7-14)11(10)16-13/h2-6H,1H3,(H,15,16). The third kappa shape index (κ3) is 1.41. The van der Waals surface area contributed by atoms with Gasteiger partial charge in [-0.2, -0.15) is 5.26 Å².